The monoisotopic (exact) mass is 236 g/mol. The minimum atomic E-state index is 0.619. The predicted molar refractivity (Wildman–Crippen MR) is 70.8 cm³/mol. The zero-order chi connectivity index (χ0) is 12.1. The second-order valence-electron chi connectivity index (χ2n) is 5.09. The van der Waals surface area contributed by atoms with E-state index in [2.05, 4.69) is 16.9 Å². The number of likely N-dealkylation sites (tertiary alicyclic amines) is 1. The third-order valence-corrected chi connectivity index (χ3v) is 3.68. The van der Waals surface area contributed by atoms with E-state index in [-0.39, 0.29) is 0 Å². The first-order valence-corrected chi connectivity index (χ1v) is 6.78. The summed E-state index contributed by atoms with van der Waals surface area (Å²) in [6.07, 6.45) is 8.63. The minimum absolute atomic E-state index is 0.619. The minimum Gasteiger partial charge on any atom is -0.382 e. The third kappa shape index (κ3) is 3.73. The zero-order valence-corrected chi connectivity index (χ0v) is 10.8. The highest BCUT2D eigenvalue weighted by Gasteiger charge is 2.15. The second-order valence-corrected chi connectivity index (χ2v) is 5.09. The van der Waals surface area contributed by atoms with E-state index in [4.69, 9.17) is 5.73 Å². The van der Waals surface area contributed by atoms with Gasteiger partial charge >= 0.3 is 0 Å². The van der Waals surface area contributed by atoms with Crippen LogP contribution in [0.1, 0.15) is 39.0 Å². The van der Waals surface area contributed by atoms with Gasteiger partial charge < -0.3 is 10.6 Å². The molecule has 4 nitrogen and oxygen atoms in total. The van der Waals surface area contributed by atoms with Gasteiger partial charge in [0.25, 0.3) is 0 Å². The van der Waals surface area contributed by atoms with Gasteiger partial charge in [0.1, 0.15) is 5.82 Å². The highest BCUT2D eigenvalue weighted by atomic mass is 15.3. The lowest BCUT2D eigenvalue weighted by molar-refractivity contribution is 0.207. The van der Waals surface area contributed by atoms with Crippen molar-refractivity contribution in [2.75, 3.05) is 18.8 Å². The van der Waals surface area contributed by atoms with E-state index in [0.29, 0.717) is 5.82 Å². The van der Waals surface area contributed by atoms with Crippen LogP contribution in [0.25, 0.3) is 0 Å². The molecule has 2 heterocycles. The Bertz CT molecular complexity index is 334. The highest BCUT2D eigenvalue weighted by Crippen LogP contribution is 2.16. The summed E-state index contributed by atoms with van der Waals surface area (Å²) in [7, 11) is 0. The Kier molecular flexibility index (Phi) is 4.42. The SMILES string of the molecule is CC1CCCCCN1CCCn1ccc(N)n1. The summed E-state index contributed by atoms with van der Waals surface area (Å²) in [6.45, 7) is 5.78. The fourth-order valence-electron chi connectivity index (χ4n) is 2.60. The van der Waals surface area contributed by atoms with Crippen molar-refractivity contribution in [2.24, 2.45) is 0 Å². The third-order valence-electron chi connectivity index (χ3n) is 3.68. The van der Waals surface area contributed by atoms with Crippen LogP contribution in [-0.4, -0.2) is 33.8 Å². The summed E-state index contributed by atoms with van der Waals surface area (Å²) in [5.74, 6) is 0.619. The van der Waals surface area contributed by atoms with Crippen LogP contribution < -0.4 is 5.73 Å². The zero-order valence-electron chi connectivity index (χ0n) is 10.8. The number of nitrogens with zero attached hydrogens (tertiary/aromatic N) is 3. The maximum atomic E-state index is 5.59. The Morgan fingerprint density at radius 1 is 1.35 bits per heavy atom. The summed E-state index contributed by atoms with van der Waals surface area (Å²) >= 11 is 0. The lowest BCUT2D eigenvalue weighted by Gasteiger charge is -2.26. The largest absolute Gasteiger partial charge is 0.382 e. The first-order chi connectivity index (χ1) is 8.25. The van der Waals surface area contributed by atoms with Gasteiger partial charge in [-0.3, -0.25) is 4.68 Å². The van der Waals surface area contributed by atoms with Crippen molar-refractivity contribution in [3.05, 3.63) is 12.3 Å². The van der Waals surface area contributed by atoms with Crippen LogP contribution in [0.5, 0.6) is 0 Å². The van der Waals surface area contributed by atoms with Gasteiger partial charge in [-0.25, -0.2) is 0 Å². The van der Waals surface area contributed by atoms with Crippen molar-refractivity contribution >= 4 is 5.82 Å². The van der Waals surface area contributed by atoms with E-state index >= 15 is 0 Å². The molecule has 1 atom stereocenters. The summed E-state index contributed by atoms with van der Waals surface area (Å²) in [4.78, 5) is 2.62. The van der Waals surface area contributed by atoms with Crippen molar-refractivity contribution in [3.63, 3.8) is 0 Å². The molecule has 0 bridgehead atoms. The molecular formula is C13H24N4. The van der Waals surface area contributed by atoms with Crippen LogP contribution in [0.4, 0.5) is 5.82 Å². The molecule has 96 valence electrons. The number of hydrogen-bond donors (Lipinski definition) is 1. The van der Waals surface area contributed by atoms with Crippen LogP contribution in [0.2, 0.25) is 0 Å². The molecule has 17 heavy (non-hydrogen) atoms. The Balaban J connectivity index is 1.73. The van der Waals surface area contributed by atoms with E-state index in [1.807, 2.05) is 16.9 Å². The normalized spacial score (nSPS) is 22.5. The first-order valence-electron chi connectivity index (χ1n) is 6.78. The number of aryl methyl sites for hydroxylation is 1. The maximum Gasteiger partial charge on any atom is 0.145 e. The van der Waals surface area contributed by atoms with E-state index in [1.54, 1.807) is 0 Å². The maximum absolute atomic E-state index is 5.59. The molecule has 0 aliphatic carbocycles. The van der Waals surface area contributed by atoms with E-state index in [1.165, 1.54) is 38.8 Å². The van der Waals surface area contributed by atoms with Crippen molar-refractivity contribution in [2.45, 2.75) is 51.6 Å². The summed E-state index contributed by atoms with van der Waals surface area (Å²) in [5, 5.41) is 4.21. The molecule has 0 amide bonds. The Morgan fingerprint density at radius 2 is 2.24 bits per heavy atom. The van der Waals surface area contributed by atoms with Gasteiger partial charge in [-0.05, 0) is 38.8 Å². The topological polar surface area (TPSA) is 47.1 Å². The van der Waals surface area contributed by atoms with Gasteiger partial charge in [-0.1, -0.05) is 12.8 Å². The molecule has 1 aromatic heterocycles. The Morgan fingerprint density at radius 3 is 3.00 bits per heavy atom. The summed E-state index contributed by atoms with van der Waals surface area (Å²) in [6, 6.07) is 2.61. The lowest BCUT2D eigenvalue weighted by atomic mass is 10.1. The fraction of sp³-hybridized carbons (Fsp3) is 0.769. The molecule has 2 rings (SSSR count). The Labute approximate surface area is 104 Å². The molecule has 0 saturated carbocycles. The standard InChI is InChI=1S/C13H24N4/c1-12-6-3-2-4-8-16(12)9-5-10-17-11-7-13(14)15-17/h7,11-12H,2-6,8-10H2,1H3,(H2,14,15). The average molecular weight is 236 g/mol. The van der Waals surface area contributed by atoms with Crippen molar-refractivity contribution in [3.8, 4) is 0 Å². The van der Waals surface area contributed by atoms with Crippen molar-refractivity contribution in [1.29, 1.82) is 0 Å². The van der Waals surface area contributed by atoms with Gasteiger partial charge in [0.05, 0.1) is 0 Å². The Hall–Kier alpha value is -1.03. The second kappa shape index (κ2) is 6.05. The van der Waals surface area contributed by atoms with Gasteiger partial charge in [-0.15, -0.1) is 0 Å². The predicted octanol–water partition coefficient (Wildman–Crippen LogP) is 2.12. The van der Waals surface area contributed by atoms with Crippen LogP contribution in [0.3, 0.4) is 0 Å². The number of rotatable bonds is 4. The number of anilines is 1. The van der Waals surface area contributed by atoms with E-state index < -0.39 is 0 Å². The molecular weight excluding hydrogens is 212 g/mol. The lowest BCUT2D eigenvalue weighted by Crippen LogP contribution is -2.33. The van der Waals surface area contributed by atoms with Crippen molar-refractivity contribution < 1.29 is 0 Å². The number of nitrogen functional groups attached to an aromatic ring is 1. The molecule has 2 N–H and O–H groups in total. The first kappa shape index (κ1) is 12.4. The van der Waals surface area contributed by atoms with E-state index in [0.717, 1.165) is 19.0 Å². The fourth-order valence-corrected chi connectivity index (χ4v) is 2.60. The molecule has 1 unspecified atom stereocenters. The highest BCUT2D eigenvalue weighted by molar-refractivity contribution is 5.23. The summed E-state index contributed by atoms with van der Waals surface area (Å²) < 4.78 is 1.94. The van der Waals surface area contributed by atoms with Crippen LogP contribution in [-0.2, 0) is 6.54 Å². The van der Waals surface area contributed by atoms with Crippen molar-refractivity contribution in [1.82, 2.24) is 14.7 Å². The number of nitrogens with two attached hydrogens (primary N) is 1. The molecule has 0 spiro atoms. The molecule has 0 aromatic carbocycles. The van der Waals surface area contributed by atoms with Gasteiger partial charge in [0.2, 0.25) is 0 Å². The molecule has 1 aliphatic rings. The summed E-state index contributed by atoms with van der Waals surface area (Å²) in [5.41, 5.74) is 5.59. The van der Waals surface area contributed by atoms with Crippen LogP contribution >= 0.6 is 0 Å². The van der Waals surface area contributed by atoms with Gasteiger partial charge in [0.15, 0.2) is 0 Å². The van der Waals surface area contributed by atoms with E-state index in [9.17, 15) is 0 Å². The molecule has 1 aromatic rings. The quantitative estimate of drug-likeness (QED) is 0.871. The molecule has 1 saturated heterocycles. The van der Waals surface area contributed by atoms with Gasteiger partial charge in [0, 0.05) is 25.3 Å². The van der Waals surface area contributed by atoms with Gasteiger partial charge in [-0.2, -0.15) is 5.10 Å². The number of hydrogen-bond acceptors (Lipinski definition) is 3. The molecule has 4 heteroatoms. The number of aromatic nitrogens is 2. The van der Waals surface area contributed by atoms with Crippen LogP contribution in [0, 0.1) is 0 Å². The average Bonchev–Trinajstić information content (AvgIpc) is 2.61. The molecule has 1 fully saturated rings. The van der Waals surface area contributed by atoms with Crippen LogP contribution in [0.15, 0.2) is 12.3 Å². The molecule has 1 aliphatic heterocycles. The molecule has 0 radical (unpaired) electrons. The smallest absolute Gasteiger partial charge is 0.145 e.